The summed E-state index contributed by atoms with van der Waals surface area (Å²) in [5, 5.41) is 7.40. The molecule has 1 N–H and O–H groups in total. The number of nitrogens with zero attached hydrogens (tertiary/aromatic N) is 2. The Kier molecular flexibility index (Phi) is 6.13. The zero-order valence-electron chi connectivity index (χ0n) is 16.5. The van der Waals surface area contributed by atoms with E-state index in [1.165, 1.54) is 0 Å². The second kappa shape index (κ2) is 8.12. The minimum absolute atomic E-state index is 0.114. The number of aromatic nitrogens is 2. The molecule has 1 amide bonds. The molecule has 0 bridgehead atoms. The van der Waals surface area contributed by atoms with Crippen LogP contribution in [0.1, 0.15) is 35.5 Å². The summed E-state index contributed by atoms with van der Waals surface area (Å²) in [6.45, 7) is 7.99. The van der Waals surface area contributed by atoms with Crippen LogP contribution in [0.4, 0.5) is 0 Å². The van der Waals surface area contributed by atoms with Crippen molar-refractivity contribution in [3.63, 3.8) is 0 Å². The van der Waals surface area contributed by atoms with E-state index < -0.39 is 0 Å². The molecule has 1 unspecified atom stereocenters. The van der Waals surface area contributed by atoms with Crippen molar-refractivity contribution in [1.29, 1.82) is 0 Å². The Morgan fingerprint density at radius 2 is 1.69 bits per heavy atom. The van der Waals surface area contributed by atoms with E-state index in [-0.39, 0.29) is 18.5 Å². The fourth-order valence-electron chi connectivity index (χ4n) is 2.80. The average Bonchev–Trinajstić information content (AvgIpc) is 2.86. The van der Waals surface area contributed by atoms with Crippen LogP contribution in [0.5, 0.6) is 17.2 Å². The Morgan fingerprint density at radius 3 is 2.12 bits per heavy atom. The van der Waals surface area contributed by atoms with Gasteiger partial charge in [0.1, 0.15) is 6.54 Å². The lowest BCUT2D eigenvalue weighted by Gasteiger charge is -2.19. The number of amides is 1. The van der Waals surface area contributed by atoms with E-state index in [2.05, 4.69) is 10.4 Å². The standard InChI is InChI=1S/C19H27N3O4/c1-11-12(2)21-22(14(11)4)10-18(23)20-13(3)15-8-16(24-5)19(26-7)17(9-15)25-6/h8-9,13H,10H2,1-7H3,(H,20,23). The van der Waals surface area contributed by atoms with Gasteiger partial charge in [0.15, 0.2) is 11.5 Å². The van der Waals surface area contributed by atoms with Crippen molar-refractivity contribution in [2.45, 2.75) is 40.3 Å². The number of methoxy groups -OCH3 is 3. The van der Waals surface area contributed by atoms with E-state index >= 15 is 0 Å². The van der Waals surface area contributed by atoms with E-state index in [1.807, 2.05) is 39.8 Å². The van der Waals surface area contributed by atoms with Crippen molar-refractivity contribution in [3.8, 4) is 17.2 Å². The predicted molar refractivity (Wildman–Crippen MR) is 99.1 cm³/mol. The lowest BCUT2D eigenvalue weighted by atomic mass is 10.1. The van der Waals surface area contributed by atoms with Crippen LogP contribution in [-0.2, 0) is 11.3 Å². The molecule has 0 saturated heterocycles. The number of carbonyl (C=O) groups is 1. The number of ether oxygens (including phenoxy) is 3. The van der Waals surface area contributed by atoms with Gasteiger partial charge in [-0.15, -0.1) is 0 Å². The molecular weight excluding hydrogens is 334 g/mol. The molecule has 0 radical (unpaired) electrons. The van der Waals surface area contributed by atoms with Gasteiger partial charge in [-0.1, -0.05) is 0 Å². The molecule has 142 valence electrons. The number of rotatable bonds is 7. The number of nitrogens with one attached hydrogen (secondary N) is 1. The van der Waals surface area contributed by atoms with Crippen LogP contribution in [-0.4, -0.2) is 37.0 Å². The Balaban J connectivity index is 2.17. The molecule has 0 fully saturated rings. The van der Waals surface area contributed by atoms with Crippen molar-refractivity contribution in [3.05, 3.63) is 34.6 Å². The van der Waals surface area contributed by atoms with Crippen molar-refractivity contribution in [1.82, 2.24) is 15.1 Å². The summed E-state index contributed by atoms with van der Waals surface area (Å²) in [4.78, 5) is 12.4. The van der Waals surface area contributed by atoms with Crippen molar-refractivity contribution in [2.24, 2.45) is 0 Å². The van der Waals surface area contributed by atoms with Gasteiger partial charge in [-0.2, -0.15) is 5.10 Å². The molecule has 1 aromatic carbocycles. The van der Waals surface area contributed by atoms with Gasteiger partial charge in [-0.3, -0.25) is 9.48 Å². The molecule has 26 heavy (non-hydrogen) atoms. The maximum Gasteiger partial charge on any atom is 0.242 e. The average molecular weight is 361 g/mol. The predicted octanol–water partition coefficient (Wildman–Crippen LogP) is 2.71. The molecule has 0 aliphatic rings. The summed E-state index contributed by atoms with van der Waals surface area (Å²) >= 11 is 0. The molecule has 7 nitrogen and oxygen atoms in total. The highest BCUT2D eigenvalue weighted by Gasteiger charge is 2.18. The highest BCUT2D eigenvalue weighted by Crippen LogP contribution is 2.39. The van der Waals surface area contributed by atoms with Crippen molar-refractivity contribution < 1.29 is 19.0 Å². The second-order valence-electron chi connectivity index (χ2n) is 6.20. The molecule has 0 saturated carbocycles. The van der Waals surface area contributed by atoms with Gasteiger partial charge in [0.2, 0.25) is 11.7 Å². The van der Waals surface area contributed by atoms with Crippen LogP contribution in [0.2, 0.25) is 0 Å². The number of hydrogen-bond donors (Lipinski definition) is 1. The zero-order valence-corrected chi connectivity index (χ0v) is 16.5. The first-order chi connectivity index (χ1) is 12.3. The first-order valence-electron chi connectivity index (χ1n) is 8.42. The summed E-state index contributed by atoms with van der Waals surface area (Å²) in [5.74, 6) is 1.52. The molecular formula is C19H27N3O4. The van der Waals surface area contributed by atoms with Crippen LogP contribution >= 0.6 is 0 Å². The molecule has 7 heteroatoms. The van der Waals surface area contributed by atoms with Crippen LogP contribution in [0.3, 0.4) is 0 Å². The van der Waals surface area contributed by atoms with Crippen molar-refractivity contribution >= 4 is 5.91 Å². The minimum atomic E-state index is -0.228. The fourth-order valence-corrected chi connectivity index (χ4v) is 2.80. The second-order valence-corrected chi connectivity index (χ2v) is 6.20. The summed E-state index contributed by atoms with van der Waals surface area (Å²) < 4.78 is 17.8. The first-order valence-corrected chi connectivity index (χ1v) is 8.42. The molecule has 0 spiro atoms. The highest BCUT2D eigenvalue weighted by molar-refractivity contribution is 5.76. The third-order valence-electron chi connectivity index (χ3n) is 4.60. The van der Waals surface area contributed by atoms with E-state index in [1.54, 1.807) is 26.0 Å². The van der Waals surface area contributed by atoms with E-state index in [0.29, 0.717) is 17.2 Å². The maximum absolute atomic E-state index is 12.4. The quantitative estimate of drug-likeness (QED) is 0.821. The lowest BCUT2D eigenvalue weighted by molar-refractivity contribution is -0.122. The SMILES string of the molecule is COc1cc(C(C)NC(=O)Cn2nc(C)c(C)c2C)cc(OC)c1OC. The van der Waals surface area contributed by atoms with Gasteiger partial charge in [0.25, 0.3) is 0 Å². The third kappa shape index (κ3) is 3.92. The summed E-state index contributed by atoms with van der Waals surface area (Å²) in [6.07, 6.45) is 0. The zero-order chi connectivity index (χ0) is 19.4. The normalized spacial score (nSPS) is 11.8. The molecule has 0 aliphatic carbocycles. The summed E-state index contributed by atoms with van der Waals surface area (Å²) in [5.41, 5.74) is 3.90. The number of carbonyl (C=O) groups excluding carboxylic acids is 1. The van der Waals surface area contributed by atoms with Crippen LogP contribution in [0, 0.1) is 20.8 Å². The molecule has 1 heterocycles. The number of aryl methyl sites for hydroxylation is 1. The molecule has 2 rings (SSSR count). The molecule has 2 aromatic rings. The Morgan fingerprint density at radius 1 is 1.12 bits per heavy atom. The van der Waals surface area contributed by atoms with Gasteiger partial charge in [-0.05, 0) is 51.0 Å². The summed E-state index contributed by atoms with van der Waals surface area (Å²) in [6, 6.07) is 3.44. The Labute approximate surface area is 154 Å². The maximum atomic E-state index is 12.4. The first kappa shape index (κ1) is 19.6. The van der Waals surface area contributed by atoms with E-state index in [0.717, 1.165) is 22.5 Å². The molecule has 1 aromatic heterocycles. The van der Waals surface area contributed by atoms with E-state index in [4.69, 9.17) is 14.2 Å². The Hall–Kier alpha value is -2.70. The number of hydrogen-bond acceptors (Lipinski definition) is 5. The van der Waals surface area contributed by atoms with Crippen molar-refractivity contribution in [2.75, 3.05) is 21.3 Å². The van der Waals surface area contributed by atoms with Gasteiger partial charge in [0.05, 0.1) is 33.1 Å². The highest BCUT2D eigenvalue weighted by atomic mass is 16.5. The fraction of sp³-hybridized carbons (Fsp3) is 0.474. The Bertz CT molecular complexity index is 773. The van der Waals surface area contributed by atoms with Crippen LogP contribution < -0.4 is 19.5 Å². The number of benzene rings is 1. The third-order valence-corrected chi connectivity index (χ3v) is 4.60. The minimum Gasteiger partial charge on any atom is -0.493 e. The van der Waals surface area contributed by atoms with Gasteiger partial charge in [0, 0.05) is 5.69 Å². The van der Waals surface area contributed by atoms with Gasteiger partial charge < -0.3 is 19.5 Å². The van der Waals surface area contributed by atoms with Gasteiger partial charge in [-0.25, -0.2) is 0 Å². The topological polar surface area (TPSA) is 74.6 Å². The lowest BCUT2D eigenvalue weighted by Crippen LogP contribution is -2.30. The smallest absolute Gasteiger partial charge is 0.242 e. The van der Waals surface area contributed by atoms with Crippen LogP contribution in [0.25, 0.3) is 0 Å². The monoisotopic (exact) mass is 361 g/mol. The molecule has 0 aliphatic heterocycles. The summed E-state index contributed by atoms with van der Waals surface area (Å²) in [7, 11) is 4.69. The van der Waals surface area contributed by atoms with Crippen LogP contribution in [0.15, 0.2) is 12.1 Å². The van der Waals surface area contributed by atoms with Gasteiger partial charge >= 0.3 is 0 Å². The van der Waals surface area contributed by atoms with E-state index in [9.17, 15) is 4.79 Å². The molecule has 1 atom stereocenters. The largest absolute Gasteiger partial charge is 0.493 e.